The number of nitriles is 1. The molecule has 0 aliphatic heterocycles. The van der Waals surface area contributed by atoms with E-state index in [-0.39, 0.29) is 18.1 Å². The van der Waals surface area contributed by atoms with E-state index in [1.54, 1.807) is 24.3 Å². The van der Waals surface area contributed by atoms with Crippen LogP contribution in [0.2, 0.25) is 0 Å². The van der Waals surface area contributed by atoms with Crippen LogP contribution >= 0.6 is 0 Å². The second-order valence-electron chi connectivity index (χ2n) is 8.21. The number of hydrogen-bond donors (Lipinski definition) is 2. The third-order valence-electron chi connectivity index (χ3n) is 5.17. The molecule has 0 unspecified atom stereocenters. The lowest BCUT2D eigenvalue weighted by Crippen LogP contribution is -2.20. The molecule has 2 N–H and O–H groups in total. The Morgan fingerprint density at radius 2 is 1.62 bits per heavy atom. The molecule has 34 heavy (non-hydrogen) atoms. The number of carbonyl (C=O) groups excluding carboxylic acids is 2. The summed E-state index contributed by atoms with van der Waals surface area (Å²) in [4.78, 5) is 24.9. The molecule has 0 aliphatic rings. The van der Waals surface area contributed by atoms with Crippen molar-refractivity contribution in [3.8, 4) is 11.8 Å². The molecule has 3 rings (SSSR count). The number of carbonyl (C=O) groups is 2. The van der Waals surface area contributed by atoms with E-state index in [9.17, 15) is 14.9 Å². The minimum atomic E-state index is -0.494. The standard InChI is InChI=1S/C28H27N3O3/c1-18-10-19(2)12-25(11-18)31-28(33)23(16-29)14-22-6-5-7-26(15-22)34-17-27(32)30-24-9-8-20(3)21(4)13-24/h5-15H,17H2,1-4H3,(H,30,32)(H,31,33)/b23-14-. The highest BCUT2D eigenvalue weighted by molar-refractivity contribution is 6.09. The quantitative estimate of drug-likeness (QED) is 0.366. The van der Waals surface area contributed by atoms with E-state index in [0.717, 1.165) is 22.3 Å². The van der Waals surface area contributed by atoms with Crippen LogP contribution in [-0.4, -0.2) is 18.4 Å². The normalized spacial score (nSPS) is 10.9. The molecule has 172 valence electrons. The third-order valence-corrected chi connectivity index (χ3v) is 5.17. The van der Waals surface area contributed by atoms with E-state index in [0.29, 0.717) is 22.7 Å². The topological polar surface area (TPSA) is 91.2 Å². The maximum absolute atomic E-state index is 12.6. The van der Waals surface area contributed by atoms with Crippen LogP contribution < -0.4 is 15.4 Å². The van der Waals surface area contributed by atoms with Crippen LogP contribution in [0.5, 0.6) is 5.75 Å². The molecular formula is C28H27N3O3. The molecule has 0 heterocycles. The van der Waals surface area contributed by atoms with Gasteiger partial charge in [-0.05, 0) is 98.0 Å². The van der Waals surface area contributed by atoms with Crippen molar-refractivity contribution < 1.29 is 14.3 Å². The molecule has 3 aromatic carbocycles. The fraction of sp³-hybridized carbons (Fsp3) is 0.179. The van der Waals surface area contributed by atoms with E-state index >= 15 is 0 Å². The van der Waals surface area contributed by atoms with Gasteiger partial charge in [-0.2, -0.15) is 5.26 Å². The molecule has 0 aromatic heterocycles. The van der Waals surface area contributed by atoms with Crippen molar-refractivity contribution in [3.05, 3.63) is 94.1 Å². The Kier molecular flexibility index (Phi) is 7.83. The maximum Gasteiger partial charge on any atom is 0.266 e. The first-order valence-corrected chi connectivity index (χ1v) is 10.8. The monoisotopic (exact) mass is 453 g/mol. The minimum absolute atomic E-state index is 0.0382. The van der Waals surface area contributed by atoms with Gasteiger partial charge in [-0.25, -0.2) is 0 Å². The summed E-state index contributed by atoms with van der Waals surface area (Å²) in [5, 5.41) is 15.1. The molecule has 0 saturated heterocycles. The van der Waals surface area contributed by atoms with E-state index < -0.39 is 5.91 Å². The molecule has 0 fully saturated rings. The maximum atomic E-state index is 12.6. The Balaban J connectivity index is 1.64. The lowest BCUT2D eigenvalue weighted by atomic mass is 10.1. The Bertz CT molecular complexity index is 1280. The zero-order chi connectivity index (χ0) is 24.7. The van der Waals surface area contributed by atoms with Crippen molar-refractivity contribution >= 4 is 29.3 Å². The predicted molar refractivity (Wildman–Crippen MR) is 135 cm³/mol. The number of hydrogen-bond acceptors (Lipinski definition) is 4. The number of amides is 2. The Morgan fingerprint density at radius 1 is 0.882 bits per heavy atom. The molecule has 0 aliphatic carbocycles. The molecule has 3 aromatic rings. The molecule has 2 amide bonds. The number of nitrogens with zero attached hydrogens (tertiary/aromatic N) is 1. The van der Waals surface area contributed by atoms with Crippen LogP contribution in [0.25, 0.3) is 6.08 Å². The number of nitrogens with one attached hydrogen (secondary N) is 2. The van der Waals surface area contributed by atoms with E-state index in [2.05, 4.69) is 10.6 Å². The summed E-state index contributed by atoms with van der Waals surface area (Å²) in [7, 11) is 0. The molecule has 0 radical (unpaired) electrons. The van der Waals surface area contributed by atoms with Gasteiger partial charge in [0.15, 0.2) is 6.61 Å². The fourth-order valence-corrected chi connectivity index (χ4v) is 3.42. The van der Waals surface area contributed by atoms with Crippen molar-refractivity contribution in [2.45, 2.75) is 27.7 Å². The largest absolute Gasteiger partial charge is 0.484 e. The van der Waals surface area contributed by atoms with Gasteiger partial charge in [0.2, 0.25) is 0 Å². The molecule has 0 atom stereocenters. The van der Waals surface area contributed by atoms with Crippen molar-refractivity contribution in [3.63, 3.8) is 0 Å². The molecule has 0 saturated carbocycles. The third kappa shape index (κ3) is 6.81. The van der Waals surface area contributed by atoms with Crippen molar-refractivity contribution in [2.24, 2.45) is 0 Å². The summed E-state index contributed by atoms with van der Waals surface area (Å²) < 4.78 is 5.61. The van der Waals surface area contributed by atoms with E-state index in [1.165, 1.54) is 6.08 Å². The minimum Gasteiger partial charge on any atom is -0.484 e. The Labute approximate surface area is 199 Å². The number of ether oxygens (including phenoxy) is 1. The van der Waals surface area contributed by atoms with Crippen molar-refractivity contribution in [1.29, 1.82) is 5.26 Å². The molecule has 6 nitrogen and oxygen atoms in total. The summed E-state index contributed by atoms with van der Waals surface area (Å²) in [6.07, 6.45) is 1.49. The van der Waals surface area contributed by atoms with Crippen LogP contribution in [0, 0.1) is 39.0 Å². The molecular weight excluding hydrogens is 426 g/mol. The van der Waals surface area contributed by atoms with E-state index in [4.69, 9.17) is 4.74 Å². The van der Waals surface area contributed by atoms with E-state index in [1.807, 2.05) is 70.2 Å². The van der Waals surface area contributed by atoms with Crippen LogP contribution in [0.3, 0.4) is 0 Å². The first-order valence-electron chi connectivity index (χ1n) is 10.8. The summed E-state index contributed by atoms with van der Waals surface area (Å²) in [5.74, 6) is -0.322. The van der Waals surface area contributed by atoms with Crippen LogP contribution in [0.4, 0.5) is 11.4 Å². The Hall–Kier alpha value is -4.37. The number of anilines is 2. The van der Waals surface area contributed by atoms with Gasteiger partial charge in [-0.15, -0.1) is 0 Å². The second-order valence-corrected chi connectivity index (χ2v) is 8.21. The Morgan fingerprint density at radius 3 is 2.29 bits per heavy atom. The molecule has 0 bridgehead atoms. The average Bonchev–Trinajstić information content (AvgIpc) is 2.78. The number of rotatable bonds is 7. The summed E-state index contributed by atoms with van der Waals surface area (Å²) in [6, 6.07) is 20.2. The predicted octanol–water partition coefficient (Wildman–Crippen LogP) is 5.48. The zero-order valence-corrected chi connectivity index (χ0v) is 19.7. The van der Waals surface area contributed by atoms with Crippen LogP contribution in [0.1, 0.15) is 27.8 Å². The highest BCUT2D eigenvalue weighted by Gasteiger charge is 2.11. The first-order chi connectivity index (χ1) is 16.2. The van der Waals surface area contributed by atoms with Gasteiger partial charge in [0.05, 0.1) is 0 Å². The molecule has 0 spiro atoms. The summed E-state index contributed by atoms with van der Waals surface area (Å²) in [6.45, 7) is 7.71. The lowest BCUT2D eigenvalue weighted by Gasteiger charge is -2.10. The first kappa shape index (κ1) is 24.3. The van der Waals surface area contributed by atoms with Gasteiger partial charge in [0.1, 0.15) is 17.4 Å². The second kappa shape index (κ2) is 11.0. The zero-order valence-electron chi connectivity index (χ0n) is 19.7. The van der Waals surface area contributed by atoms with Gasteiger partial charge in [0, 0.05) is 11.4 Å². The van der Waals surface area contributed by atoms with Gasteiger partial charge in [0.25, 0.3) is 11.8 Å². The van der Waals surface area contributed by atoms with Gasteiger partial charge in [-0.1, -0.05) is 24.3 Å². The number of aryl methyl sites for hydroxylation is 4. The van der Waals surface area contributed by atoms with Gasteiger partial charge < -0.3 is 15.4 Å². The summed E-state index contributed by atoms with van der Waals surface area (Å²) >= 11 is 0. The highest BCUT2D eigenvalue weighted by atomic mass is 16.5. The lowest BCUT2D eigenvalue weighted by molar-refractivity contribution is -0.118. The van der Waals surface area contributed by atoms with Crippen molar-refractivity contribution in [1.82, 2.24) is 0 Å². The van der Waals surface area contributed by atoms with Crippen LogP contribution in [0.15, 0.2) is 66.2 Å². The van der Waals surface area contributed by atoms with Gasteiger partial charge >= 0.3 is 0 Å². The SMILES string of the molecule is Cc1cc(C)cc(NC(=O)/C(C#N)=C\c2cccc(OCC(=O)Nc3ccc(C)c(C)c3)c2)c1. The average molecular weight is 454 g/mol. The number of benzene rings is 3. The van der Waals surface area contributed by atoms with Gasteiger partial charge in [-0.3, -0.25) is 9.59 Å². The van der Waals surface area contributed by atoms with Crippen LogP contribution in [-0.2, 0) is 9.59 Å². The molecule has 6 heteroatoms. The highest BCUT2D eigenvalue weighted by Crippen LogP contribution is 2.19. The fourth-order valence-electron chi connectivity index (χ4n) is 3.42. The smallest absolute Gasteiger partial charge is 0.266 e. The van der Waals surface area contributed by atoms with Crippen molar-refractivity contribution in [2.75, 3.05) is 17.2 Å². The summed E-state index contributed by atoms with van der Waals surface area (Å²) in [5.41, 5.74) is 6.19.